The van der Waals surface area contributed by atoms with E-state index in [0.29, 0.717) is 58.3 Å². The highest BCUT2D eigenvalue weighted by atomic mass is 16.6. The van der Waals surface area contributed by atoms with Crippen molar-refractivity contribution in [2.45, 2.75) is 253 Å². The van der Waals surface area contributed by atoms with Crippen molar-refractivity contribution in [2.24, 2.45) is 11.5 Å². The summed E-state index contributed by atoms with van der Waals surface area (Å²) in [4.78, 5) is 103. The van der Waals surface area contributed by atoms with Gasteiger partial charge >= 0.3 is 18.2 Å². The number of rotatable bonds is 34. The molecule has 8 amide bonds. The molecule has 0 rings (SSSR count). The average Bonchev–Trinajstić information content (AvgIpc) is 3.36. The molecule has 0 heterocycles. The van der Waals surface area contributed by atoms with E-state index in [1.54, 1.807) is 13.8 Å². The number of hydrogen-bond donors (Lipinski definition) is 12. The number of ether oxygens (including phenoxy) is 2. The molecule has 23 nitrogen and oxygen atoms in total. The fraction of sp³-hybridized carbons (Fsp3) is 0.807. The van der Waals surface area contributed by atoms with Crippen LogP contribution in [0.1, 0.15) is 212 Å². The van der Waals surface area contributed by atoms with Gasteiger partial charge in [0.2, 0.25) is 35.9 Å². The molecule has 0 aliphatic rings. The maximum atomic E-state index is 13.3. The van der Waals surface area contributed by atoms with Gasteiger partial charge in [-0.05, 0) is 128 Å². The quantitative estimate of drug-likeness (QED) is 0.0206. The molecule has 80 heavy (non-hydrogen) atoms. The van der Waals surface area contributed by atoms with Gasteiger partial charge in [-0.2, -0.15) is 0 Å². The van der Waals surface area contributed by atoms with Gasteiger partial charge in [0, 0.05) is 58.0 Å². The van der Waals surface area contributed by atoms with Gasteiger partial charge in [0.15, 0.2) is 0 Å². The summed E-state index contributed by atoms with van der Waals surface area (Å²) >= 11 is 0. The summed E-state index contributed by atoms with van der Waals surface area (Å²) in [5, 5.41) is 32.7. The fourth-order valence-corrected chi connectivity index (χ4v) is 6.29. The summed E-state index contributed by atoms with van der Waals surface area (Å²) in [6, 6.07) is -2.28. The molecule has 0 saturated heterocycles. The molecule has 470 valence electrons. The molecule has 0 aromatic rings. The van der Waals surface area contributed by atoms with E-state index >= 15 is 0 Å². The van der Waals surface area contributed by atoms with Crippen LogP contribution in [0.5, 0.6) is 0 Å². The highest BCUT2D eigenvalue weighted by Gasteiger charge is 2.26. The molecular formula is C57H115N11O12. The molecule has 0 aromatic heterocycles. The zero-order valence-electron chi connectivity index (χ0n) is 52.4. The first-order chi connectivity index (χ1) is 37.5. The molecule has 0 bridgehead atoms. The van der Waals surface area contributed by atoms with Crippen molar-refractivity contribution in [1.29, 1.82) is 0 Å². The summed E-state index contributed by atoms with van der Waals surface area (Å²) in [6.07, 6.45) is 19.1. The number of terminal acetylenes is 1. The monoisotopic (exact) mass is 1150 g/mol. The number of carboxylic acids is 1. The summed E-state index contributed by atoms with van der Waals surface area (Å²) in [5.41, 5.74) is 9.31. The van der Waals surface area contributed by atoms with E-state index in [2.05, 4.69) is 66.4 Å². The third-order valence-electron chi connectivity index (χ3n) is 10.3. The molecule has 0 aliphatic heterocycles. The lowest BCUT2D eigenvalue weighted by molar-refractivity contribution is -0.137. The zero-order chi connectivity index (χ0) is 63.0. The van der Waals surface area contributed by atoms with Crippen molar-refractivity contribution in [3.8, 4) is 12.3 Å². The van der Waals surface area contributed by atoms with Gasteiger partial charge in [-0.15, -0.1) is 6.42 Å². The predicted octanol–water partition coefficient (Wildman–Crippen LogP) is 5.80. The van der Waals surface area contributed by atoms with Crippen LogP contribution >= 0.6 is 0 Å². The average molecular weight is 1150 g/mol. The number of nitrogens with one attached hydrogen (secondary N) is 9. The van der Waals surface area contributed by atoms with Crippen molar-refractivity contribution < 1.29 is 57.7 Å². The third kappa shape index (κ3) is 68.4. The SMILES string of the molecule is C#CCNC.CCCCC(NC(=O)C(C)N)C(=O)NC(CCCCCCNC(=O)CCC)CC(=O)NC(C)CCCCCNC(=O)OC(C)(C)C.CCCCCC(=O)O.CCNC(=O)OC(C)(C)C.CN.CNC(=O)C(C)NC=O. The van der Waals surface area contributed by atoms with E-state index in [-0.39, 0.29) is 59.7 Å². The number of alkyl carbamates (subject to hydrolysis) is 2. The van der Waals surface area contributed by atoms with Crippen LogP contribution in [-0.2, 0) is 43.0 Å². The molecule has 14 N–H and O–H groups in total. The Morgan fingerprint density at radius 3 is 1.59 bits per heavy atom. The van der Waals surface area contributed by atoms with Crippen molar-refractivity contribution >= 4 is 54.1 Å². The Morgan fingerprint density at radius 2 is 1.14 bits per heavy atom. The van der Waals surface area contributed by atoms with Crippen LogP contribution < -0.4 is 59.3 Å². The minimum absolute atomic E-state index is 0.0341. The zero-order valence-corrected chi connectivity index (χ0v) is 52.4. The van der Waals surface area contributed by atoms with Crippen LogP contribution in [0.3, 0.4) is 0 Å². The maximum Gasteiger partial charge on any atom is 0.407 e. The summed E-state index contributed by atoms with van der Waals surface area (Å²) in [6.45, 7) is 26.5. The number of aliphatic carboxylic acids is 1. The minimum atomic E-state index is -0.729. The Hall–Kier alpha value is -5.73. The van der Waals surface area contributed by atoms with Crippen LogP contribution in [0.15, 0.2) is 0 Å². The number of amides is 8. The number of likely N-dealkylation sites (N-methyl/N-ethyl adjacent to an activating group) is 1. The normalized spacial score (nSPS) is 12.1. The number of hydrogen-bond acceptors (Lipinski definition) is 14. The second kappa shape index (κ2) is 57.9. The molecule has 0 fully saturated rings. The van der Waals surface area contributed by atoms with Crippen molar-refractivity contribution in [1.82, 2.24) is 47.9 Å². The van der Waals surface area contributed by atoms with Gasteiger partial charge in [-0.3, -0.25) is 33.6 Å². The van der Waals surface area contributed by atoms with Crippen molar-refractivity contribution in [2.75, 3.05) is 47.3 Å². The lowest BCUT2D eigenvalue weighted by atomic mass is 10.0. The second-order valence-corrected chi connectivity index (χ2v) is 20.7. The van der Waals surface area contributed by atoms with Crippen molar-refractivity contribution in [3.05, 3.63) is 0 Å². The standard InChI is InChI=1S/C34H66N6O6.C7H15NO2.C6H12O2.C5H10N2O2.C4H7N.CH5N/c1-8-10-21-28(40-31(43)26(4)35)32(44)39-27(20-15-11-12-16-22-36-29(41)18-9-2)24-30(42)38-25(3)19-14-13-17-23-37-33(45)46-34(5,6)7;1-5-8-6(9)10-7(2,3)4;1-2-3-4-5-6(7)8;1-4(7-3-8)5(9)6-2;1-3-4-5-2;1-2/h25-28H,8-24,35H2,1-7H3,(H,36,41)(H,37,45)(H,38,42)(H,39,44)(H,40,43);5H2,1-4H3,(H,8,9);2-5H2,1H3,(H,7,8);3-4H,1-2H3,(H,6,9)(H,7,8);1,5H,4H2,2H3;2H2,1H3. The first-order valence-corrected chi connectivity index (χ1v) is 28.7. The molecular weight excluding hydrogens is 1030 g/mol. The van der Waals surface area contributed by atoms with E-state index in [4.69, 9.17) is 26.7 Å². The Balaban J connectivity index is -0.000000320. The third-order valence-corrected chi connectivity index (χ3v) is 10.3. The summed E-state index contributed by atoms with van der Waals surface area (Å²) in [7, 11) is 4.84. The minimum Gasteiger partial charge on any atom is -0.481 e. The fourth-order valence-electron chi connectivity index (χ4n) is 6.29. The van der Waals surface area contributed by atoms with Gasteiger partial charge in [-0.1, -0.05) is 84.5 Å². The van der Waals surface area contributed by atoms with Crippen LogP contribution in [0.4, 0.5) is 9.59 Å². The lowest BCUT2D eigenvalue weighted by Crippen LogP contribution is -2.53. The lowest BCUT2D eigenvalue weighted by Gasteiger charge is -2.24. The Bertz CT molecular complexity index is 1650. The van der Waals surface area contributed by atoms with Gasteiger partial charge < -0.3 is 73.9 Å². The Kier molecular flexibility index (Phi) is 62.0. The van der Waals surface area contributed by atoms with Crippen LogP contribution in [0.25, 0.3) is 0 Å². The van der Waals surface area contributed by atoms with Gasteiger partial charge in [-0.25, -0.2) is 9.59 Å². The van der Waals surface area contributed by atoms with E-state index < -0.39 is 35.8 Å². The van der Waals surface area contributed by atoms with E-state index in [1.807, 2.05) is 76.3 Å². The number of carbonyl (C=O) groups excluding carboxylic acids is 8. The first kappa shape index (κ1) is 85.5. The van der Waals surface area contributed by atoms with Crippen LogP contribution in [0.2, 0.25) is 0 Å². The molecule has 0 aliphatic carbocycles. The highest BCUT2D eigenvalue weighted by Crippen LogP contribution is 2.12. The molecule has 5 unspecified atom stereocenters. The van der Waals surface area contributed by atoms with E-state index in [1.165, 1.54) is 14.1 Å². The van der Waals surface area contributed by atoms with Crippen LogP contribution in [0, 0.1) is 12.3 Å². The number of nitrogens with two attached hydrogens (primary N) is 2. The Labute approximate surface area is 482 Å². The van der Waals surface area contributed by atoms with Gasteiger partial charge in [0.25, 0.3) is 0 Å². The number of unbranched alkanes of at least 4 members (excludes halogenated alkanes) is 8. The highest BCUT2D eigenvalue weighted by molar-refractivity contribution is 5.90. The van der Waals surface area contributed by atoms with Crippen LogP contribution in [-0.4, -0.2) is 148 Å². The smallest absolute Gasteiger partial charge is 0.407 e. The second-order valence-electron chi connectivity index (χ2n) is 20.7. The van der Waals surface area contributed by atoms with Gasteiger partial charge in [0.05, 0.1) is 12.6 Å². The maximum absolute atomic E-state index is 13.3. The predicted molar refractivity (Wildman–Crippen MR) is 320 cm³/mol. The summed E-state index contributed by atoms with van der Waals surface area (Å²) in [5.74, 6) is 0.796. The topological polar surface area (TPSA) is 353 Å². The number of carboxylic acid groups (broad SMARTS) is 1. The van der Waals surface area contributed by atoms with E-state index in [0.717, 1.165) is 89.9 Å². The molecule has 5 atom stereocenters. The number of carbonyl (C=O) groups is 9. The molecule has 0 saturated carbocycles. The largest absolute Gasteiger partial charge is 0.481 e. The van der Waals surface area contributed by atoms with Gasteiger partial charge in [0.1, 0.15) is 23.3 Å². The Morgan fingerprint density at radius 1 is 0.613 bits per heavy atom. The van der Waals surface area contributed by atoms with E-state index in [9.17, 15) is 43.2 Å². The first-order valence-electron chi connectivity index (χ1n) is 28.7. The molecule has 0 aromatic carbocycles. The molecule has 0 radical (unpaired) electrons. The summed E-state index contributed by atoms with van der Waals surface area (Å²) < 4.78 is 10.2. The molecule has 0 spiro atoms. The van der Waals surface area contributed by atoms with Crippen molar-refractivity contribution in [3.63, 3.8) is 0 Å². The molecule has 23 heteroatoms.